The van der Waals surface area contributed by atoms with Gasteiger partial charge >= 0.3 is 12.3 Å². The van der Waals surface area contributed by atoms with E-state index in [4.69, 9.17) is 4.74 Å². The van der Waals surface area contributed by atoms with Crippen molar-refractivity contribution in [1.29, 1.82) is 0 Å². The number of halogens is 3. The number of ketones is 1. The van der Waals surface area contributed by atoms with E-state index in [9.17, 15) is 32.3 Å². The van der Waals surface area contributed by atoms with E-state index in [2.05, 4.69) is 0 Å². The van der Waals surface area contributed by atoms with Gasteiger partial charge in [-0.15, -0.1) is 0 Å². The first-order chi connectivity index (χ1) is 18.5. The number of alkyl halides is 3. The molecule has 1 saturated heterocycles. The average molecular weight is 559 g/mol. The zero-order valence-electron chi connectivity index (χ0n) is 23.2. The van der Waals surface area contributed by atoms with Crippen molar-refractivity contribution in [3.8, 4) is 0 Å². The molecule has 40 heavy (non-hydrogen) atoms. The second kappa shape index (κ2) is 10.4. The molecule has 7 nitrogen and oxygen atoms in total. The molecule has 2 aliphatic rings. The van der Waals surface area contributed by atoms with E-state index >= 15 is 0 Å². The molecule has 2 aromatic carbocycles. The molecule has 0 bridgehead atoms. The van der Waals surface area contributed by atoms with Crippen molar-refractivity contribution >= 4 is 23.7 Å². The van der Waals surface area contributed by atoms with Crippen LogP contribution in [0.3, 0.4) is 0 Å². The fraction of sp³-hybridized carbons (Fsp3) is 0.467. The van der Waals surface area contributed by atoms with E-state index in [-0.39, 0.29) is 25.2 Å². The molecule has 1 spiro atoms. The summed E-state index contributed by atoms with van der Waals surface area (Å²) in [6.07, 6.45) is -5.04. The van der Waals surface area contributed by atoms with Gasteiger partial charge in [0.1, 0.15) is 18.4 Å². The molecule has 10 heteroatoms. The number of fused-ring (bicyclic) bond motifs is 2. The second-order valence-electron chi connectivity index (χ2n) is 11.7. The first kappa shape index (κ1) is 29.3. The van der Waals surface area contributed by atoms with Crippen molar-refractivity contribution in [2.24, 2.45) is 5.41 Å². The lowest BCUT2D eigenvalue weighted by molar-refractivity contribution is -0.187. The quantitative estimate of drug-likeness (QED) is 0.464. The average Bonchev–Trinajstić information content (AvgIpc) is 3.34. The first-order valence-electron chi connectivity index (χ1n) is 13.1. The zero-order valence-corrected chi connectivity index (χ0v) is 23.2. The van der Waals surface area contributed by atoms with E-state index in [1.165, 1.54) is 0 Å². The Morgan fingerprint density at radius 2 is 1.68 bits per heavy atom. The van der Waals surface area contributed by atoms with Gasteiger partial charge in [0, 0.05) is 30.4 Å². The highest BCUT2D eigenvalue weighted by Gasteiger charge is 2.58. The molecule has 2 aromatic rings. The lowest BCUT2D eigenvalue weighted by Crippen LogP contribution is -2.51. The Morgan fingerprint density at radius 1 is 1.05 bits per heavy atom. The summed E-state index contributed by atoms with van der Waals surface area (Å²) in [6.45, 7) is 6.98. The van der Waals surface area contributed by atoms with Crippen molar-refractivity contribution in [2.75, 3.05) is 6.54 Å². The number of imide groups is 1. The summed E-state index contributed by atoms with van der Waals surface area (Å²) in [6, 6.07) is 9.73. The minimum Gasteiger partial charge on any atom is -0.427 e. The van der Waals surface area contributed by atoms with Gasteiger partial charge in [0.15, 0.2) is 0 Å². The van der Waals surface area contributed by atoms with Gasteiger partial charge in [-0.1, -0.05) is 68.8 Å². The molecule has 2 atom stereocenters. The monoisotopic (exact) mass is 558 g/mol. The summed E-state index contributed by atoms with van der Waals surface area (Å²) < 4.78 is 46.6. The number of hydrogen-bond acceptors (Lipinski definition) is 5. The van der Waals surface area contributed by atoms with Gasteiger partial charge in [0.05, 0.1) is 0 Å². The zero-order chi connectivity index (χ0) is 29.6. The maximum absolute atomic E-state index is 13.7. The molecule has 214 valence electrons. The predicted molar refractivity (Wildman–Crippen MR) is 140 cm³/mol. The Hall–Kier alpha value is -3.69. The van der Waals surface area contributed by atoms with Gasteiger partial charge in [0.2, 0.25) is 11.5 Å². The molecule has 0 saturated carbocycles. The van der Waals surface area contributed by atoms with Gasteiger partial charge in [-0.05, 0) is 37.0 Å². The van der Waals surface area contributed by atoms with Crippen molar-refractivity contribution in [2.45, 2.75) is 78.2 Å². The van der Waals surface area contributed by atoms with Gasteiger partial charge in [-0.3, -0.25) is 14.4 Å². The standard InChI is InChI=1S/C30H33F3N2O5/c1-18-6-8-20(9-7-18)16-34(19(2)30(31,32)33)25(37)17-35-26(38)29(40-27(35)39)13-12-22-14-21(10-11-23(22)29)15-24(36)28(3,4)5/h6-11,14,19H,12-13,15-17H2,1-5H3/t19-,29+/m0/s1. The van der Waals surface area contributed by atoms with Crippen LogP contribution in [0.1, 0.15) is 61.9 Å². The van der Waals surface area contributed by atoms with Crippen molar-refractivity contribution in [3.63, 3.8) is 0 Å². The molecule has 0 radical (unpaired) electrons. The SMILES string of the molecule is Cc1ccc(CN(C(=O)CN2C(=O)O[C@@]3(CCc4cc(CC(=O)C(C)(C)C)ccc43)C2=O)[C@@H](C)C(F)(F)F)cc1. The first-order valence-corrected chi connectivity index (χ1v) is 13.1. The summed E-state index contributed by atoms with van der Waals surface area (Å²) >= 11 is 0. The lowest BCUT2D eigenvalue weighted by atomic mass is 9.86. The van der Waals surface area contributed by atoms with Crippen LogP contribution >= 0.6 is 0 Å². The van der Waals surface area contributed by atoms with Crippen LogP contribution in [0.4, 0.5) is 18.0 Å². The van der Waals surface area contributed by atoms with Crippen LogP contribution in [0.5, 0.6) is 0 Å². The topological polar surface area (TPSA) is 84.0 Å². The molecule has 1 heterocycles. The molecule has 1 aliphatic carbocycles. The smallest absolute Gasteiger partial charge is 0.418 e. The van der Waals surface area contributed by atoms with Crippen LogP contribution in [-0.4, -0.2) is 52.3 Å². The highest BCUT2D eigenvalue weighted by Crippen LogP contribution is 2.45. The maximum Gasteiger partial charge on any atom is 0.418 e. The number of hydrogen-bond donors (Lipinski definition) is 0. The maximum atomic E-state index is 13.7. The fourth-order valence-corrected chi connectivity index (χ4v) is 5.00. The highest BCUT2D eigenvalue weighted by molar-refractivity contribution is 6.06. The molecule has 0 aromatic heterocycles. The summed E-state index contributed by atoms with van der Waals surface area (Å²) in [5, 5.41) is 0. The Kier molecular flexibility index (Phi) is 7.60. The van der Waals surface area contributed by atoms with E-state index in [1.807, 2.05) is 33.8 Å². The number of carbonyl (C=O) groups is 4. The van der Waals surface area contributed by atoms with Crippen molar-refractivity contribution in [3.05, 3.63) is 70.3 Å². The van der Waals surface area contributed by atoms with Crippen LogP contribution < -0.4 is 0 Å². The van der Waals surface area contributed by atoms with Crippen LogP contribution in [0.25, 0.3) is 0 Å². The number of benzene rings is 2. The number of aryl methyl sites for hydroxylation is 2. The van der Waals surface area contributed by atoms with Crippen LogP contribution in [0.2, 0.25) is 0 Å². The van der Waals surface area contributed by atoms with Gasteiger partial charge < -0.3 is 9.64 Å². The number of Topliss-reactive ketones (excluding diaryl/α,β-unsaturated/α-hetero) is 1. The van der Waals surface area contributed by atoms with Gasteiger partial charge in [-0.25, -0.2) is 9.69 Å². The minimum absolute atomic E-state index is 0.0523. The lowest BCUT2D eigenvalue weighted by Gasteiger charge is -2.31. The third kappa shape index (κ3) is 5.62. The summed E-state index contributed by atoms with van der Waals surface area (Å²) in [4.78, 5) is 53.3. The highest BCUT2D eigenvalue weighted by atomic mass is 19.4. The Bertz CT molecular complexity index is 1350. The summed E-state index contributed by atoms with van der Waals surface area (Å²) in [5.74, 6) is -1.75. The van der Waals surface area contributed by atoms with E-state index in [0.717, 1.165) is 23.6 Å². The number of carbonyl (C=O) groups excluding carboxylic acids is 4. The summed E-state index contributed by atoms with van der Waals surface area (Å²) in [5.41, 5.74) is 1.22. The van der Waals surface area contributed by atoms with Gasteiger partial charge in [0.25, 0.3) is 5.91 Å². The molecule has 0 N–H and O–H groups in total. The van der Waals surface area contributed by atoms with Crippen LogP contribution in [-0.2, 0) is 44.1 Å². The van der Waals surface area contributed by atoms with Crippen molar-refractivity contribution < 1.29 is 37.1 Å². The van der Waals surface area contributed by atoms with Crippen LogP contribution in [0.15, 0.2) is 42.5 Å². The number of ether oxygens (including phenoxy) is 1. The third-order valence-corrected chi connectivity index (χ3v) is 7.65. The second-order valence-corrected chi connectivity index (χ2v) is 11.7. The number of rotatable bonds is 7. The molecular formula is C30H33F3N2O5. The van der Waals surface area contributed by atoms with Gasteiger partial charge in [-0.2, -0.15) is 13.2 Å². The molecule has 3 amide bonds. The molecule has 1 aliphatic heterocycles. The molecule has 1 fully saturated rings. The minimum atomic E-state index is -4.71. The Morgan fingerprint density at radius 3 is 2.27 bits per heavy atom. The normalized spacial score (nSPS) is 19.6. The Labute approximate surface area is 231 Å². The molecule has 0 unspecified atom stereocenters. The molecular weight excluding hydrogens is 525 g/mol. The largest absolute Gasteiger partial charge is 0.427 e. The number of amides is 3. The molecule has 4 rings (SSSR count). The summed E-state index contributed by atoms with van der Waals surface area (Å²) in [7, 11) is 0. The fourth-order valence-electron chi connectivity index (χ4n) is 5.00. The predicted octanol–water partition coefficient (Wildman–Crippen LogP) is 5.25. The third-order valence-electron chi connectivity index (χ3n) is 7.65. The Balaban J connectivity index is 1.55. The van der Waals surface area contributed by atoms with E-state index in [1.54, 1.807) is 36.4 Å². The van der Waals surface area contributed by atoms with Crippen LogP contribution in [0, 0.1) is 12.3 Å². The van der Waals surface area contributed by atoms with Crippen molar-refractivity contribution in [1.82, 2.24) is 9.80 Å². The number of nitrogens with zero attached hydrogens (tertiary/aromatic N) is 2. The van der Waals surface area contributed by atoms with E-state index in [0.29, 0.717) is 27.3 Å². The van der Waals surface area contributed by atoms with E-state index < -0.39 is 47.7 Å².